The van der Waals surface area contributed by atoms with Gasteiger partial charge in [0.1, 0.15) is 0 Å². The highest BCUT2D eigenvalue weighted by molar-refractivity contribution is 5.83. The predicted octanol–water partition coefficient (Wildman–Crippen LogP) is 3.36. The van der Waals surface area contributed by atoms with Crippen molar-refractivity contribution in [3.63, 3.8) is 0 Å². The number of hydrogen-bond donors (Lipinski definition) is 0. The maximum absolute atomic E-state index is 13.8. The summed E-state index contributed by atoms with van der Waals surface area (Å²) in [6, 6.07) is 19.2. The van der Waals surface area contributed by atoms with E-state index in [1.165, 1.54) is 16.9 Å². The molecule has 2 unspecified atom stereocenters. The highest BCUT2D eigenvalue weighted by Gasteiger charge is 2.43. The van der Waals surface area contributed by atoms with E-state index in [2.05, 4.69) is 58.3 Å². The molecule has 174 valence electrons. The van der Waals surface area contributed by atoms with E-state index in [1.54, 1.807) is 0 Å². The van der Waals surface area contributed by atoms with Crippen LogP contribution in [0.1, 0.15) is 25.3 Å². The van der Waals surface area contributed by atoms with E-state index in [1.807, 2.05) is 17.9 Å². The molecule has 33 heavy (non-hydrogen) atoms. The Morgan fingerprint density at radius 1 is 0.939 bits per heavy atom. The van der Waals surface area contributed by atoms with E-state index in [9.17, 15) is 9.59 Å². The zero-order valence-electron chi connectivity index (χ0n) is 19.4. The van der Waals surface area contributed by atoms with Crippen LogP contribution in [0.25, 0.3) is 0 Å². The van der Waals surface area contributed by atoms with Gasteiger partial charge in [0.25, 0.3) is 0 Å². The molecule has 0 radical (unpaired) electrons. The van der Waals surface area contributed by atoms with Crippen LogP contribution in [0.2, 0.25) is 0 Å². The second kappa shape index (κ2) is 9.46. The van der Waals surface area contributed by atoms with Crippen LogP contribution in [0.3, 0.4) is 0 Å². The fourth-order valence-electron chi connectivity index (χ4n) is 5.75. The van der Waals surface area contributed by atoms with E-state index >= 15 is 0 Å². The Hall–Kier alpha value is -3.02. The standard InChI is InChI=1S/C27H33N3O3/c1-2-33-27(32)20-12-14-28(15-13-20)26(31)23-18-21-8-6-7-11-24(21)30-17-16-29(19-25(23)30)22-9-4-3-5-10-22/h3-11,20,23,25H,2,12-19H2,1H3. The summed E-state index contributed by atoms with van der Waals surface area (Å²) in [6.07, 6.45) is 2.16. The van der Waals surface area contributed by atoms with Crippen molar-refractivity contribution >= 4 is 23.3 Å². The van der Waals surface area contributed by atoms with Gasteiger partial charge in [-0.1, -0.05) is 36.4 Å². The average molecular weight is 448 g/mol. The molecule has 5 rings (SSSR count). The summed E-state index contributed by atoms with van der Waals surface area (Å²) in [5.41, 5.74) is 3.76. The molecule has 2 fully saturated rings. The van der Waals surface area contributed by atoms with Crippen LogP contribution < -0.4 is 9.80 Å². The quantitative estimate of drug-likeness (QED) is 0.673. The first-order valence-corrected chi connectivity index (χ1v) is 12.3. The molecule has 1 amide bonds. The Balaban J connectivity index is 1.35. The van der Waals surface area contributed by atoms with E-state index < -0.39 is 0 Å². The fraction of sp³-hybridized carbons (Fsp3) is 0.481. The van der Waals surface area contributed by atoms with Crippen molar-refractivity contribution < 1.29 is 14.3 Å². The van der Waals surface area contributed by atoms with Crippen LogP contribution in [-0.4, -0.2) is 62.1 Å². The number of likely N-dealkylation sites (tertiary alicyclic amines) is 1. The van der Waals surface area contributed by atoms with Gasteiger partial charge in [-0.2, -0.15) is 0 Å². The lowest BCUT2D eigenvalue weighted by molar-refractivity contribution is -0.152. The van der Waals surface area contributed by atoms with Gasteiger partial charge in [-0.25, -0.2) is 0 Å². The summed E-state index contributed by atoms with van der Waals surface area (Å²) in [6.45, 7) is 6.21. The van der Waals surface area contributed by atoms with Gasteiger partial charge in [0.05, 0.1) is 24.5 Å². The summed E-state index contributed by atoms with van der Waals surface area (Å²) in [7, 11) is 0. The molecule has 2 saturated heterocycles. The second-order valence-electron chi connectivity index (χ2n) is 9.33. The van der Waals surface area contributed by atoms with Crippen LogP contribution in [-0.2, 0) is 20.7 Å². The monoisotopic (exact) mass is 447 g/mol. The maximum Gasteiger partial charge on any atom is 0.309 e. The number of fused-ring (bicyclic) bond motifs is 3. The number of ether oxygens (including phenoxy) is 1. The smallest absolute Gasteiger partial charge is 0.309 e. The molecule has 0 N–H and O–H groups in total. The van der Waals surface area contributed by atoms with Gasteiger partial charge in [-0.05, 0) is 49.9 Å². The largest absolute Gasteiger partial charge is 0.466 e. The highest BCUT2D eigenvalue weighted by atomic mass is 16.5. The van der Waals surface area contributed by atoms with E-state index in [4.69, 9.17) is 4.74 Å². The Morgan fingerprint density at radius 3 is 2.42 bits per heavy atom. The van der Waals surface area contributed by atoms with Gasteiger partial charge in [0.2, 0.25) is 5.91 Å². The first kappa shape index (κ1) is 21.8. The number of piperazine rings is 1. The van der Waals surface area contributed by atoms with Crippen molar-refractivity contribution in [1.29, 1.82) is 0 Å². The van der Waals surface area contributed by atoms with Crippen molar-refractivity contribution in [2.45, 2.75) is 32.2 Å². The van der Waals surface area contributed by atoms with E-state index in [-0.39, 0.29) is 29.8 Å². The normalized spacial score (nSPS) is 23.0. The summed E-state index contributed by atoms with van der Waals surface area (Å²) in [5.74, 6) is -0.0451. The molecular weight excluding hydrogens is 414 g/mol. The van der Waals surface area contributed by atoms with Crippen LogP contribution in [0.5, 0.6) is 0 Å². The molecule has 3 aliphatic rings. The lowest BCUT2D eigenvalue weighted by Gasteiger charge is -2.50. The van der Waals surface area contributed by atoms with Gasteiger partial charge in [0.15, 0.2) is 0 Å². The minimum atomic E-state index is -0.117. The van der Waals surface area contributed by atoms with Crippen molar-refractivity contribution in [1.82, 2.24) is 4.90 Å². The number of carbonyl (C=O) groups excluding carboxylic acids is 2. The van der Waals surface area contributed by atoms with Crippen LogP contribution >= 0.6 is 0 Å². The van der Waals surface area contributed by atoms with Crippen LogP contribution in [0.4, 0.5) is 11.4 Å². The third kappa shape index (κ3) is 4.31. The SMILES string of the molecule is CCOC(=O)C1CCN(C(=O)C2Cc3ccccc3N3CCN(c4ccccc4)CC23)CC1. The molecule has 2 aromatic carbocycles. The van der Waals surface area contributed by atoms with Crippen molar-refractivity contribution in [2.75, 3.05) is 49.1 Å². The number of nitrogens with zero attached hydrogens (tertiary/aromatic N) is 3. The number of rotatable bonds is 4. The summed E-state index contributed by atoms with van der Waals surface area (Å²) < 4.78 is 5.20. The van der Waals surface area contributed by atoms with Crippen molar-refractivity contribution in [3.05, 3.63) is 60.2 Å². The van der Waals surface area contributed by atoms with Gasteiger partial charge < -0.3 is 19.4 Å². The summed E-state index contributed by atoms with van der Waals surface area (Å²) in [5, 5.41) is 0. The van der Waals surface area contributed by atoms with Crippen LogP contribution in [0.15, 0.2) is 54.6 Å². The number of anilines is 2. The predicted molar refractivity (Wildman–Crippen MR) is 129 cm³/mol. The number of piperidine rings is 1. The molecule has 6 heteroatoms. The molecule has 0 bridgehead atoms. The zero-order chi connectivity index (χ0) is 22.8. The zero-order valence-corrected chi connectivity index (χ0v) is 19.4. The third-order valence-corrected chi connectivity index (χ3v) is 7.49. The molecule has 6 nitrogen and oxygen atoms in total. The first-order chi connectivity index (χ1) is 16.2. The van der Waals surface area contributed by atoms with E-state index in [0.717, 1.165) is 26.1 Å². The second-order valence-corrected chi connectivity index (χ2v) is 9.33. The lowest BCUT2D eigenvalue weighted by Crippen LogP contribution is -2.62. The lowest BCUT2D eigenvalue weighted by atomic mass is 9.82. The minimum absolute atomic E-state index is 0.0782. The summed E-state index contributed by atoms with van der Waals surface area (Å²) >= 11 is 0. The van der Waals surface area contributed by atoms with Gasteiger partial charge >= 0.3 is 5.97 Å². The molecular formula is C27H33N3O3. The number of para-hydroxylation sites is 2. The average Bonchev–Trinajstić information content (AvgIpc) is 2.88. The summed E-state index contributed by atoms with van der Waals surface area (Å²) in [4.78, 5) is 32.8. The number of esters is 1. The Kier molecular flexibility index (Phi) is 6.25. The van der Waals surface area contributed by atoms with E-state index in [0.29, 0.717) is 32.5 Å². The molecule has 0 saturated carbocycles. The number of benzene rings is 2. The highest BCUT2D eigenvalue weighted by Crippen LogP contribution is 2.38. The third-order valence-electron chi connectivity index (χ3n) is 7.49. The fourth-order valence-corrected chi connectivity index (χ4v) is 5.75. The number of carbonyl (C=O) groups is 2. The molecule has 2 atom stereocenters. The Bertz CT molecular complexity index is 987. The minimum Gasteiger partial charge on any atom is -0.466 e. The first-order valence-electron chi connectivity index (χ1n) is 12.3. The Morgan fingerprint density at radius 2 is 1.67 bits per heavy atom. The van der Waals surface area contributed by atoms with Crippen molar-refractivity contribution in [3.8, 4) is 0 Å². The van der Waals surface area contributed by atoms with Crippen molar-refractivity contribution in [2.24, 2.45) is 11.8 Å². The van der Waals surface area contributed by atoms with Crippen LogP contribution in [0, 0.1) is 11.8 Å². The van der Waals surface area contributed by atoms with Gasteiger partial charge in [-0.3, -0.25) is 9.59 Å². The maximum atomic E-state index is 13.8. The molecule has 0 spiro atoms. The number of hydrogen-bond acceptors (Lipinski definition) is 5. The molecule has 3 heterocycles. The molecule has 0 aliphatic carbocycles. The molecule has 2 aromatic rings. The molecule has 0 aromatic heterocycles. The number of amides is 1. The van der Waals surface area contributed by atoms with Gasteiger partial charge in [0, 0.05) is 44.1 Å². The Labute approximate surface area is 196 Å². The van der Waals surface area contributed by atoms with Gasteiger partial charge in [-0.15, -0.1) is 0 Å². The molecule has 3 aliphatic heterocycles. The topological polar surface area (TPSA) is 53.1 Å².